The molecule has 3 N–H and O–H groups in total. The van der Waals surface area contributed by atoms with E-state index in [0.29, 0.717) is 18.8 Å². The van der Waals surface area contributed by atoms with Crippen molar-refractivity contribution in [2.45, 2.75) is 101 Å². The summed E-state index contributed by atoms with van der Waals surface area (Å²) in [4.78, 5) is 21.0. The van der Waals surface area contributed by atoms with Gasteiger partial charge in [-0.25, -0.2) is 0 Å². The van der Waals surface area contributed by atoms with Gasteiger partial charge in [0.05, 0.1) is 4.90 Å². The van der Waals surface area contributed by atoms with Gasteiger partial charge in [-0.2, -0.15) is 8.42 Å². The smallest absolute Gasteiger partial charge is 0.303 e. The third kappa shape index (κ3) is 13.2. The molecule has 8 heteroatoms. The Morgan fingerprint density at radius 1 is 0.677 bits per heavy atom. The Morgan fingerprint density at radius 2 is 1.06 bits per heavy atom. The van der Waals surface area contributed by atoms with Crippen LogP contribution in [0.3, 0.4) is 0 Å². The first kappa shape index (κ1) is 27.1. The largest absolute Gasteiger partial charge is 0.481 e. The molecule has 0 atom stereocenters. The van der Waals surface area contributed by atoms with E-state index in [9.17, 15) is 22.6 Å². The lowest BCUT2D eigenvalue weighted by molar-refractivity contribution is -0.138. The van der Waals surface area contributed by atoms with Gasteiger partial charge in [-0.15, -0.1) is 0 Å². The molecule has 0 aromatic heterocycles. The van der Waals surface area contributed by atoms with E-state index in [4.69, 9.17) is 10.2 Å². The average Bonchev–Trinajstić information content (AvgIpc) is 2.69. The van der Waals surface area contributed by atoms with E-state index in [0.717, 1.165) is 69.8 Å². The molecule has 1 aromatic rings. The molecule has 0 unspecified atom stereocenters. The van der Waals surface area contributed by atoms with Crippen LogP contribution in [0.15, 0.2) is 29.2 Å². The van der Waals surface area contributed by atoms with Crippen LogP contribution >= 0.6 is 0 Å². The van der Waals surface area contributed by atoms with E-state index >= 15 is 0 Å². The molecule has 1 aromatic carbocycles. The highest BCUT2D eigenvalue weighted by atomic mass is 32.2. The minimum atomic E-state index is -4.20. The third-order valence-corrected chi connectivity index (χ3v) is 6.40. The predicted octanol–water partition coefficient (Wildman–Crippen LogP) is 5.65. The zero-order valence-electron chi connectivity index (χ0n) is 18.2. The van der Waals surface area contributed by atoms with Crippen molar-refractivity contribution in [2.75, 3.05) is 0 Å². The number of unbranched alkanes of at least 4 members (excludes halogenated alkanes) is 8. The second kappa shape index (κ2) is 15.0. The van der Waals surface area contributed by atoms with Gasteiger partial charge in [-0.3, -0.25) is 14.1 Å². The van der Waals surface area contributed by atoms with Crippen molar-refractivity contribution in [1.29, 1.82) is 0 Å². The summed E-state index contributed by atoms with van der Waals surface area (Å²) in [5.74, 6) is -1.21. The number of hydrogen-bond donors (Lipinski definition) is 3. The number of carboxylic acids is 2. The van der Waals surface area contributed by atoms with Crippen LogP contribution in [-0.2, 0) is 19.7 Å². The average molecular weight is 457 g/mol. The van der Waals surface area contributed by atoms with E-state index in [1.807, 2.05) is 0 Å². The monoisotopic (exact) mass is 456 g/mol. The van der Waals surface area contributed by atoms with Gasteiger partial charge in [0.25, 0.3) is 10.1 Å². The first-order valence-electron chi connectivity index (χ1n) is 11.2. The summed E-state index contributed by atoms with van der Waals surface area (Å²) in [7, 11) is -4.20. The van der Waals surface area contributed by atoms with Gasteiger partial charge in [0.2, 0.25) is 0 Å². The Morgan fingerprint density at radius 3 is 1.45 bits per heavy atom. The van der Waals surface area contributed by atoms with Crippen LogP contribution in [0.1, 0.15) is 101 Å². The third-order valence-electron chi connectivity index (χ3n) is 5.54. The van der Waals surface area contributed by atoms with E-state index in [-0.39, 0.29) is 17.7 Å². The SMILES string of the molecule is O=C(O)CCCCCCCC(CCCCCCCC(=O)O)c1ccc(S(=O)(=O)O)cc1. The van der Waals surface area contributed by atoms with Crippen LogP contribution in [0.25, 0.3) is 0 Å². The molecular weight excluding hydrogens is 420 g/mol. The van der Waals surface area contributed by atoms with Crippen LogP contribution in [-0.4, -0.2) is 35.1 Å². The Hall–Kier alpha value is -1.93. The molecule has 1 rings (SSSR count). The van der Waals surface area contributed by atoms with Crippen molar-refractivity contribution >= 4 is 22.1 Å². The molecule has 0 radical (unpaired) electrons. The van der Waals surface area contributed by atoms with Crippen molar-refractivity contribution in [1.82, 2.24) is 0 Å². The van der Waals surface area contributed by atoms with Gasteiger partial charge >= 0.3 is 11.9 Å². The van der Waals surface area contributed by atoms with Gasteiger partial charge < -0.3 is 10.2 Å². The second-order valence-corrected chi connectivity index (χ2v) is 9.56. The molecule has 0 amide bonds. The number of carbonyl (C=O) groups is 2. The number of rotatable bonds is 18. The van der Waals surface area contributed by atoms with Crippen molar-refractivity contribution in [3.8, 4) is 0 Å². The fourth-order valence-corrected chi connectivity index (χ4v) is 4.26. The molecule has 176 valence electrons. The van der Waals surface area contributed by atoms with Crippen molar-refractivity contribution in [3.63, 3.8) is 0 Å². The quantitative estimate of drug-likeness (QED) is 0.192. The van der Waals surface area contributed by atoms with Crippen molar-refractivity contribution in [2.24, 2.45) is 0 Å². The molecule has 0 heterocycles. The molecule has 0 fully saturated rings. The zero-order valence-corrected chi connectivity index (χ0v) is 19.0. The lowest BCUT2D eigenvalue weighted by Gasteiger charge is -2.18. The maximum atomic E-state index is 11.3. The van der Waals surface area contributed by atoms with E-state index in [1.54, 1.807) is 12.1 Å². The van der Waals surface area contributed by atoms with Gasteiger partial charge in [-0.1, -0.05) is 63.5 Å². The summed E-state index contributed by atoms with van der Waals surface area (Å²) in [6.45, 7) is 0. The second-order valence-electron chi connectivity index (χ2n) is 8.14. The molecule has 0 saturated carbocycles. The fraction of sp³-hybridized carbons (Fsp3) is 0.652. The number of hydrogen-bond acceptors (Lipinski definition) is 4. The molecule has 0 aliphatic rings. The molecule has 0 aliphatic carbocycles. The molecule has 0 bridgehead atoms. The maximum absolute atomic E-state index is 11.3. The predicted molar refractivity (Wildman–Crippen MR) is 119 cm³/mol. The summed E-state index contributed by atoms with van der Waals surface area (Å²) in [6.07, 6.45) is 11.8. The highest BCUT2D eigenvalue weighted by molar-refractivity contribution is 7.85. The highest BCUT2D eigenvalue weighted by Gasteiger charge is 2.14. The minimum Gasteiger partial charge on any atom is -0.481 e. The van der Waals surface area contributed by atoms with Gasteiger partial charge in [-0.05, 0) is 49.3 Å². The Kier molecular flexibility index (Phi) is 13.1. The van der Waals surface area contributed by atoms with Crippen LogP contribution in [0.2, 0.25) is 0 Å². The van der Waals surface area contributed by atoms with Gasteiger partial charge in [0.1, 0.15) is 0 Å². The first-order chi connectivity index (χ1) is 14.7. The standard InChI is InChI=1S/C23H36O7S/c24-22(25)13-9-5-1-3-7-11-19(12-8-4-2-6-10-14-23(26)27)20-15-17-21(18-16-20)31(28,29)30/h15-19H,1-14H2,(H,24,25)(H,26,27)(H,28,29,30). The van der Waals surface area contributed by atoms with Crippen LogP contribution in [0.5, 0.6) is 0 Å². The minimum absolute atomic E-state index is 0.105. The molecular formula is C23H36O7S. The number of benzene rings is 1. The summed E-state index contributed by atoms with van der Waals surface area (Å²) in [5.41, 5.74) is 1.06. The van der Waals surface area contributed by atoms with Gasteiger partial charge in [0, 0.05) is 12.8 Å². The lowest BCUT2D eigenvalue weighted by Crippen LogP contribution is -2.02. The van der Waals surface area contributed by atoms with E-state index in [2.05, 4.69) is 0 Å². The van der Waals surface area contributed by atoms with Crippen molar-refractivity contribution in [3.05, 3.63) is 29.8 Å². The zero-order chi connectivity index (χ0) is 23.1. The molecule has 0 spiro atoms. The highest BCUT2D eigenvalue weighted by Crippen LogP contribution is 2.29. The summed E-state index contributed by atoms with van der Waals surface area (Å²) >= 11 is 0. The maximum Gasteiger partial charge on any atom is 0.303 e. The van der Waals surface area contributed by atoms with Crippen molar-refractivity contribution < 1.29 is 32.8 Å². The molecule has 0 aliphatic heterocycles. The van der Waals surface area contributed by atoms with Crippen LogP contribution in [0, 0.1) is 0 Å². The molecule has 31 heavy (non-hydrogen) atoms. The molecule has 0 saturated heterocycles. The Bertz CT molecular complexity index is 729. The number of aliphatic carboxylic acids is 2. The molecule has 7 nitrogen and oxygen atoms in total. The van der Waals surface area contributed by atoms with E-state index in [1.165, 1.54) is 12.1 Å². The topological polar surface area (TPSA) is 129 Å². The number of carboxylic acid groups (broad SMARTS) is 2. The van der Waals surface area contributed by atoms with Gasteiger partial charge in [0.15, 0.2) is 0 Å². The summed E-state index contributed by atoms with van der Waals surface area (Å²) in [5, 5.41) is 17.4. The first-order valence-corrected chi connectivity index (χ1v) is 12.6. The summed E-state index contributed by atoms with van der Waals surface area (Å²) in [6, 6.07) is 6.42. The van der Waals surface area contributed by atoms with Crippen LogP contribution in [0.4, 0.5) is 0 Å². The van der Waals surface area contributed by atoms with Crippen LogP contribution < -0.4 is 0 Å². The Labute approximate surface area is 185 Å². The fourth-order valence-electron chi connectivity index (χ4n) is 3.78. The normalized spacial score (nSPS) is 11.7. The Balaban J connectivity index is 2.49. The van der Waals surface area contributed by atoms with E-state index < -0.39 is 22.1 Å². The summed E-state index contributed by atoms with van der Waals surface area (Å²) < 4.78 is 31.7. The lowest BCUT2D eigenvalue weighted by atomic mass is 9.88.